The van der Waals surface area contributed by atoms with Gasteiger partial charge in [0.15, 0.2) is 5.78 Å². The van der Waals surface area contributed by atoms with Crippen LogP contribution in [0, 0.1) is 6.92 Å². The number of Topliss-reactive ketones (excluding diaryl/α,β-unsaturated/α-hetero) is 1. The third-order valence-corrected chi connectivity index (χ3v) is 5.31. The lowest BCUT2D eigenvalue weighted by Crippen LogP contribution is -2.55. The Kier molecular flexibility index (Phi) is 4.74. The third-order valence-electron chi connectivity index (χ3n) is 5.31. The molecule has 1 saturated carbocycles. The Hall–Kier alpha value is -2.10. The van der Waals surface area contributed by atoms with E-state index in [9.17, 15) is 9.59 Å². The summed E-state index contributed by atoms with van der Waals surface area (Å²) in [5.41, 5.74) is 3.16. The number of ketones is 1. The lowest BCUT2D eigenvalue weighted by Gasteiger charge is -2.38. The molecule has 0 aromatic heterocycles. The van der Waals surface area contributed by atoms with Gasteiger partial charge in [0.1, 0.15) is 5.54 Å². The largest absolute Gasteiger partial charge is 0.374 e. The molecule has 2 aliphatic rings. The van der Waals surface area contributed by atoms with E-state index < -0.39 is 5.54 Å². The van der Waals surface area contributed by atoms with Crippen molar-refractivity contribution in [3.8, 4) is 0 Å². The number of rotatable bonds is 4. The van der Waals surface area contributed by atoms with Gasteiger partial charge in [0.25, 0.3) is 0 Å². The van der Waals surface area contributed by atoms with Crippen molar-refractivity contribution in [1.29, 1.82) is 0 Å². The molecule has 0 atom stereocenters. The van der Waals surface area contributed by atoms with Gasteiger partial charge in [-0.05, 0) is 45.2 Å². The first-order valence-electron chi connectivity index (χ1n) is 8.89. The van der Waals surface area contributed by atoms with Gasteiger partial charge in [0, 0.05) is 23.4 Å². The molecule has 2 aliphatic carbocycles. The van der Waals surface area contributed by atoms with E-state index in [1.807, 2.05) is 38.1 Å². The molecule has 128 valence electrons. The Morgan fingerprint density at radius 3 is 2.25 bits per heavy atom. The second-order valence-electron chi connectivity index (χ2n) is 7.11. The topological polar surface area (TPSA) is 58.2 Å². The van der Waals surface area contributed by atoms with Gasteiger partial charge in [-0.25, -0.2) is 0 Å². The maximum atomic E-state index is 13.1. The lowest BCUT2D eigenvalue weighted by atomic mass is 9.80. The summed E-state index contributed by atoms with van der Waals surface area (Å²) >= 11 is 0. The number of carbonyl (C=O) groups excluding carboxylic acids is 2. The van der Waals surface area contributed by atoms with Crippen LogP contribution in [0.15, 0.2) is 35.5 Å². The predicted octanol–water partition coefficient (Wildman–Crippen LogP) is 3.86. The molecule has 0 radical (unpaired) electrons. The molecule has 0 spiro atoms. The van der Waals surface area contributed by atoms with Crippen LogP contribution in [0.3, 0.4) is 0 Å². The Balaban J connectivity index is 1.81. The summed E-state index contributed by atoms with van der Waals surface area (Å²) in [6, 6.07) is 7.87. The van der Waals surface area contributed by atoms with E-state index in [0.29, 0.717) is 6.42 Å². The highest BCUT2D eigenvalue weighted by Gasteiger charge is 2.41. The van der Waals surface area contributed by atoms with Gasteiger partial charge in [-0.1, -0.05) is 37.0 Å². The Bertz CT molecular complexity index is 667. The second-order valence-corrected chi connectivity index (χ2v) is 7.11. The van der Waals surface area contributed by atoms with Gasteiger partial charge in [0.2, 0.25) is 5.91 Å². The summed E-state index contributed by atoms with van der Waals surface area (Å²) in [6.07, 6.45) is 6.15. The zero-order valence-electron chi connectivity index (χ0n) is 14.6. The van der Waals surface area contributed by atoms with Crippen LogP contribution in [0.4, 0.5) is 5.69 Å². The van der Waals surface area contributed by atoms with Crippen molar-refractivity contribution >= 4 is 17.4 Å². The minimum absolute atomic E-state index is 0.0192. The first-order valence-corrected chi connectivity index (χ1v) is 8.89. The normalized spacial score (nSPS) is 20.2. The van der Waals surface area contributed by atoms with Gasteiger partial charge in [-0.3, -0.25) is 9.59 Å². The number of nitrogens with one attached hydrogen (secondary N) is 2. The Labute approximate surface area is 143 Å². The first-order chi connectivity index (χ1) is 11.5. The van der Waals surface area contributed by atoms with Crippen molar-refractivity contribution in [3.05, 3.63) is 41.1 Å². The number of hydrogen-bond donors (Lipinski definition) is 2. The molecule has 0 saturated heterocycles. The van der Waals surface area contributed by atoms with Gasteiger partial charge in [-0.2, -0.15) is 0 Å². The first kappa shape index (κ1) is 16.7. The molecule has 0 aliphatic heterocycles. The molecular weight excluding hydrogens is 300 g/mol. The summed E-state index contributed by atoms with van der Waals surface area (Å²) < 4.78 is 0. The SMILES string of the molecule is CC1=C(NC2(C(=O)Nc3ccc(C)cc3)CCCCC2)CCC1=O. The van der Waals surface area contributed by atoms with E-state index in [4.69, 9.17) is 0 Å². The molecule has 1 amide bonds. The van der Waals surface area contributed by atoms with Crippen molar-refractivity contribution in [1.82, 2.24) is 5.32 Å². The van der Waals surface area contributed by atoms with E-state index in [1.54, 1.807) is 0 Å². The summed E-state index contributed by atoms with van der Waals surface area (Å²) in [5.74, 6) is 0.216. The molecule has 2 N–H and O–H groups in total. The number of anilines is 1. The van der Waals surface area contributed by atoms with Gasteiger partial charge < -0.3 is 10.6 Å². The van der Waals surface area contributed by atoms with Crippen molar-refractivity contribution in [3.63, 3.8) is 0 Å². The fourth-order valence-electron chi connectivity index (χ4n) is 3.68. The molecule has 1 aromatic rings. The maximum absolute atomic E-state index is 13.1. The zero-order chi connectivity index (χ0) is 17.2. The van der Waals surface area contributed by atoms with Crippen molar-refractivity contribution < 1.29 is 9.59 Å². The van der Waals surface area contributed by atoms with E-state index in [-0.39, 0.29) is 11.7 Å². The number of amides is 1. The van der Waals surface area contributed by atoms with Crippen LogP contribution >= 0.6 is 0 Å². The summed E-state index contributed by atoms with van der Waals surface area (Å²) in [6.45, 7) is 3.90. The molecule has 1 aromatic carbocycles. The van der Waals surface area contributed by atoms with E-state index in [2.05, 4.69) is 10.6 Å². The van der Waals surface area contributed by atoms with Crippen LogP contribution in [-0.2, 0) is 9.59 Å². The molecule has 4 heteroatoms. The van der Waals surface area contributed by atoms with Crippen LogP contribution in [-0.4, -0.2) is 17.2 Å². The maximum Gasteiger partial charge on any atom is 0.250 e. The van der Waals surface area contributed by atoms with E-state index in [1.165, 1.54) is 5.56 Å². The molecule has 4 nitrogen and oxygen atoms in total. The minimum Gasteiger partial charge on any atom is -0.374 e. The summed E-state index contributed by atoms with van der Waals surface area (Å²) in [5, 5.41) is 6.56. The lowest BCUT2D eigenvalue weighted by molar-refractivity contribution is -0.123. The summed E-state index contributed by atoms with van der Waals surface area (Å²) in [7, 11) is 0. The van der Waals surface area contributed by atoms with Crippen molar-refractivity contribution in [2.24, 2.45) is 0 Å². The fraction of sp³-hybridized carbons (Fsp3) is 0.500. The zero-order valence-corrected chi connectivity index (χ0v) is 14.6. The number of aryl methyl sites for hydroxylation is 1. The number of carbonyl (C=O) groups is 2. The van der Waals surface area contributed by atoms with Crippen molar-refractivity contribution in [2.75, 3.05) is 5.32 Å². The molecule has 1 fully saturated rings. The quantitative estimate of drug-likeness (QED) is 0.883. The van der Waals surface area contributed by atoms with Gasteiger partial charge in [-0.15, -0.1) is 0 Å². The number of allylic oxidation sites excluding steroid dienone is 2. The monoisotopic (exact) mass is 326 g/mol. The van der Waals surface area contributed by atoms with Gasteiger partial charge >= 0.3 is 0 Å². The van der Waals surface area contributed by atoms with Crippen LogP contribution in [0.5, 0.6) is 0 Å². The molecular formula is C20H26N2O2. The number of hydrogen-bond acceptors (Lipinski definition) is 3. The highest BCUT2D eigenvalue weighted by molar-refractivity contribution is 6.00. The molecule has 24 heavy (non-hydrogen) atoms. The average molecular weight is 326 g/mol. The fourth-order valence-corrected chi connectivity index (χ4v) is 3.68. The Morgan fingerprint density at radius 2 is 1.67 bits per heavy atom. The third kappa shape index (κ3) is 3.37. The molecule has 0 bridgehead atoms. The average Bonchev–Trinajstić information content (AvgIpc) is 2.90. The van der Waals surface area contributed by atoms with E-state index >= 15 is 0 Å². The molecule has 0 heterocycles. The van der Waals surface area contributed by atoms with E-state index in [0.717, 1.165) is 55.5 Å². The minimum atomic E-state index is -0.593. The Morgan fingerprint density at radius 1 is 1.00 bits per heavy atom. The molecule has 3 rings (SSSR count). The highest BCUT2D eigenvalue weighted by atomic mass is 16.2. The smallest absolute Gasteiger partial charge is 0.250 e. The van der Waals surface area contributed by atoms with Crippen LogP contribution in [0.1, 0.15) is 57.4 Å². The molecule has 0 unspecified atom stereocenters. The second kappa shape index (κ2) is 6.80. The number of benzene rings is 1. The standard InChI is InChI=1S/C20H26N2O2/c1-14-6-8-16(9-7-14)21-19(24)20(12-4-3-5-13-20)22-17-10-11-18(23)15(17)2/h6-9,22H,3-5,10-13H2,1-2H3,(H,21,24). The predicted molar refractivity (Wildman–Crippen MR) is 95.7 cm³/mol. The van der Waals surface area contributed by atoms with Gasteiger partial charge in [0.05, 0.1) is 0 Å². The van der Waals surface area contributed by atoms with Crippen molar-refractivity contribution in [2.45, 2.75) is 64.3 Å². The van der Waals surface area contributed by atoms with Crippen LogP contribution in [0.25, 0.3) is 0 Å². The van der Waals surface area contributed by atoms with Crippen LogP contribution < -0.4 is 10.6 Å². The summed E-state index contributed by atoms with van der Waals surface area (Å²) in [4.78, 5) is 24.9. The van der Waals surface area contributed by atoms with Crippen LogP contribution in [0.2, 0.25) is 0 Å². The highest BCUT2D eigenvalue weighted by Crippen LogP contribution is 2.33.